The minimum absolute atomic E-state index is 0.111. The first kappa shape index (κ1) is 19.8. The number of carbonyl (C=O) groups excluding carboxylic acids is 1. The first-order valence-electron chi connectivity index (χ1n) is 8.25. The van der Waals surface area contributed by atoms with Crippen molar-refractivity contribution in [3.8, 4) is 0 Å². The molecule has 0 bridgehead atoms. The van der Waals surface area contributed by atoms with Crippen LogP contribution < -0.4 is 0 Å². The Morgan fingerprint density at radius 1 is 1.18 bits per heavy atom. The highest BCUT2D eigenvalue weighted by molar-refractivity contribution is 6.74. The van der Waals surface area contributed by atoms with Gasteiger partial charge < -0.3 is 18.7 Å². The van der Waals surface area contributed by atoms with Crippen molar-refractivity contribution in [2.45, 2.75) is 84.6 Å². The van der Waals surface area contributed by atoms with Crippen molar-refractivity contribution in [1.82, 2.24) is 0 Å². The maximum atomic E-state index is 11.2. The molecule has 0 aromatic rings. The summed E-state index contributed by atoms with van der Waals surface area (Å²) >= 11 is 0. The van der Waals surface area contributed by atoms with E-state index in [4.69, 9.17) is 13.9 Å². The fraction of sp³-hybridized carbons (Fsp3) is 0.941. The van der Waals surface area contributed by atoms with Crippen molar-refractivity contribution < 1.29 is 18.7 Å². The van der Waals surface area contributed by atoms with Gasteiger partial charge in [-0.25, -0.2) is 0 Å². The van der Waals surface area contributed by atoms with Crippen LogP contribution >= 0.6 is 0 Å². The average molecular weight is 331 g/mol. The molecule has 1 saturated heterocycles. The van der Waals surface area contributed by atoms with E-state index in [-0.39, 0.29) is 29.1 Å². The van der Waals surface area contributed by atoms with E-state index in [1.54, 1.807) is 0 Å². The number of rotatable bonds is 6. The highest BCUT2D eigenvalue weighted by atomic mass is 28.4. The smallest absolute Gasteiger partial charge is 0.191 e. The quantitative estimate of drug-likeness (QED) is 0.545. The van der Waals surface area contributed by atoms with Crippen LogP contribution in [0.15, 0.2) is 0 Å². The summed E-state index contributed by atoms with van der Waals surface area (Å²) in [4.78, 5) is 11.2. The molecule has 1 heterocycles. The number of carbonyl (C=O) groups is 1. The number of hydrogen-bond donors (Lipinski definition) is 0. The van der Waals surface area contributed by atoms with Crippen LogP contribution in [-0.4, -0.2) is 39.2 Å². The Hall–Kier alpha value is -0.233. The lowest BCUT2D eigenvalue weighted by atomic mass is 9.93. The Kier molecular flexibility index (Phi) is 6.05. The summed E-state index contributed by atoms with van der Waals surface area (Å²) in [5, 5.41) is 0.189. The van der Waals surface area contributed by atoms with Crippen LogP contribution in [0.3, 0.4) is 0 Å². The Bertz CT molecular complexity index is 387. The van der Waals surface area contributed by atoms with Gasteiger partial charge in [-0.05, 0) is 32.0 Å². The van der Waals surface area contributed by atoms with E-state index < -0.39 is 14.1 Å². The molecule has 0 saturated carbocycles. The van der Waals surface area contributed by atoms with Gasteiger partial charge in [-0.15, -0.1) is 0 Å². The summed E-state index contributed by atoms with van der Waals surface area (Å²) in [6, 6.07) is 0. The van der Waals surface area contributed by atoms with E-state index in [2.05, 4.69) is 40.8 Å². The molecular weight excluding hydrogens is 296 g/mol. The van der Waals surface area contributed by atoms with E-state index >= 15 is 0 Å². The summed E-state index contributed by atoms with van der Waals surface area (Å²) in [5.41, 5.74) is 0. The van der Waals surface area contributed by atoms with Gasteiger partial charge in [-0.3, -0.25) is 0 Å². The molecule has 0 aromatic heterocycles. The second-order valence-corrected chi connectivity index (χ2v) is 13.4. The Morgan fingerprint density at radius 3 is 2.14 bits per heavy atom. The van der Waals surface area contributed by atoms with Gasteiger partial charge in [0.15, 0.2) is 14.1 Å². The Labute approximate surface area is 137 Å². The van der Waals surface area contributed by atoms with E-state index in [0.717, 1.165) is 6.29 Å². The summed E-state index contributed by atoms with van der Waals surface area (Å²) in [7, 11) is -1.78. The zero-order valence-corrected chi connectivity index (χ0v) is 16.7. The van der Waals surface area contributed by atoms with E-state index in [0.29, 0.717) is 6.61 Å². The predicted molar refractivity (Wildman–Crippen MR) is 91.4 cm³/mol. The van der Waals surface area contributed by atoms with Gasteiger partial charge in [0.05, 0.1) is 12.2 Å². The zero-order chi connectivity index (χ0) is 17.3. The summed E-state index contributed by atoms with van der Waals surface area (Å²) in [5.74, 6) is -0.636. The molecular formula is C17H34O4Si. The molecule has 1 fully saturated rings. The first-order chi connectivity index (χ1) is 9.81. The van der Waals surface area contributed by atoms with Crippen LogP contribution in [0.2, 0.25) is 18.1 Å². The van der Waals surface area contributed by atoms with Crippen molar-refractivity contribution >= 4 is 14.6 Å². The van der Waals surface area contributed by atoms with Crippen molar-refractivity contribution in [2.75, 3.05) is 6.61 Å². The van der Waals surface area contributed by atoms with Gasteiger partial charge in [0, 0.05) is 18.4 Å². The fourth-order valence-corrected chi connectivity index (χ4v) is 3.50. The van der Waals surface area contributed by atoms with E-state index in [1.165, 1.54) is 0 Å². The lowest BCUT2D eigenvalue weighted by molar-refractivity contribution is -0.154. The minimum atomic E-state index is -1.78. The zero-order valence-electron chi connectivity index (χ0n) is 15.7. The van der Waals surface area contributed by atoms with Gasteiger partial charge >= 0.3 is 0 Å². The summed E-state index contributed by atoms with van der Waals surface area (Å²) < 4.78 is 18.3. The molecule has 0 unspecified atom stereocenters. The molecule has 0 radical (unpaired) electrons. The molecule has 1 rings (SSSR count). The minimum Gasteiger partial charge on any atom is -0.416 e. The van der Waals surface area contributed by atoms with Crippen LogP contribution in [0.5, 0.6) is 0 Å². The lowest BCUT2D eigenvalue weighted by Gasteiger charge is -2.37. The molecule has 0 aromatic carbocycles. The molecule has 22 heavy (non-hydrogen) atoms. The third-order valence-corrected chi connectivity index (χ3v) is 9.47. The van der Waals surface area contributed by atoms with E-state index in [9.17, 15) is 4.79 Å². The molecule has 0 N–H and O–H groups in total. The largest absolute Gasteiger partial charge is 0.416 e. The maximum absolute atomic E-state index is 11.2. The van der Waals surface area contributed by atoms with E-state index in [1.807, 2.05) is 20.8 Å². The van der Waals surface area contributed by atoms with Gasteiger partial charge in [-0.1, -0.05) is 34.6 Å². The number of aldehydes is 1. The lowest BCUT2D eigenvalue weighted by Crippen LogP contribution is -2.44. The summed E-state index contributed by atoms with van der Waals surface area (Å²) in [6.07, 6.45) is 0.634. The molecule has 130 valence electrons. The summed E-state index contributed by atoms with van der Waals surface area (Å²) in [6.45, 7) is 19.7. The molecule has 1 aliphatic heterocycles. The van der Waals surface area contributed by atoms with Crippen molar-refractivity contribution in [3.05, 3.63) is 0 Å². The fourth-order valence-electron chi connectivity index (χ4n) is 2.39. The normalized spacial score (nSPS) is 28.4. The Morgan fingerprint density at radius 2 is 1.68 bits per heavy atom. The molecule has 5 heteroatoms. The van der Waals surface area contributed by atoms with Crippen molar-refractivity contribution in [1.29, 1.82) is 0 Å². The first-order valence-corrected chi connectivity index (χ1v) is 11.2. The van der Waals surface area contributed by atoms with Crippen molar-refractivity contribution in [2.24, 2.45) is 11.8 Å². The molecule has 0 spiro atoms. The highest BCUT2D eigenvalue weighted by Gasteiger charge is 2.47. The molecule has 1 aliphatic rings. The number of hydrogen-bond acceptors (Lipinski definition) is 4. The molecule has 4 nitrogen and oxygen atoms in total. The van der Waals surface area contributed by atoms with Crippen molar-refractivity contribution in [3.63, 3.8) is 0 Å². The van der Waals surface area contributed by atoms with Crippen LogP contribution in [0.4, 0.5) is 0 Å². The third kappa shape index (κ3) is 4.63. The molecule has 4 atom stereocenters. The molecule has 0 aliphatic carbocycles. The maximum Gasteiger partial charge on any atom is 0.191 e. The second-order valence-electron chi connectivity index (χ2n) is 8.61. The van der Waals surface area contributed by atoms with Gasteiger partial charge in [-0.2, -0.15) is 0 Å². The highest BCUT2D eigenvalue weighted by Crippen LogP contribution is 2.39. The average Bonchev–Trinajstić information content (AvgIpc) is 2.70. The number of ether oxygens (including phenoxy) is 2. The Balaban J connectivity index is 2.75. The second kappa shape index (κ2) is 6.71. The van der Waals surface area contributed by atoms with Crippen LogP contribution in [0.1, 0.15) is 48.5 Å². The SMILES string of the molecule is C[C@@H](C=O)[C@@H]1OC(C)(C)O[C@H]1[C@@H](C)CO[Si](C)(C)C(C)(C)C. The van der Waals surface area contributed by atoms with Gasteiger partial charge in [0.25, 0.3) is 0 Å². The van der Waals surface area contributed by atoms with Crippen LogP contribution in [0, 0.1) is 11.8 Å². The van der Waals surface area contributed by atoms with Crippen LogP contribution in [-0.2, 0) is 18.7 Å². The van der Waals surface area contributed by atoms with Gasteiger partial charge in [0.2, 0.25) is 0 Å². The predicted octanol–water partition coefficient (Wildman–Crippen LogP) is 4.00. The monoisotopic (exact) mass is 330 g/mol. The topological polar surface area (TPSA) is 44.8 Å². The van der Waals surface area contributed by atoms with Crippen LogP contribution in [0.25, 0.3) is 0 Å². The van der Waals surface area contributed by atoms with Gasteiger partial charge in [0.1, 0.15) is 6.29 Å². The third-order valence-electron chi connectivity index (χ3n) is 4.97. The standard InChI is InChI=1S/C17H34O4Si/c1-12(10-18)14-15(21-17(6,7)20-14)13(2)11-19-22(8,9)16(3,4)5/h10,12-15H,11H2,1-9H3/t12-,13-,14-,15-/m0/s1. The molecule has 0 amide bonds.